The number of fused-ring (bicyclic) bond motifs is 2. The number of nitrogens with zero attached hydrogens (tertiary/aromatic N) is 3. The Bertz CT molecular complexity index is 1840. The summed E-state index contributed by atoms with van der Waals surface area (Å²) in [5, 5.41) is 15.0. The van der Waals surface area contributed by atoms with Gasteiger partial charge in [-0.1, -0.05) is 66.7 Å². The maximum atomic E-state index is 12.0. The molecule has 0 radical (unpaired) electrons. The summed E-state index contributed by atoms with van der Waals surface area (Å²) in [6, 6.07) is 30.6. The smallest absolute Gasteiger partial charge is 0.252 e. The van der Waals surface area contributed by atoms with Crippen molar-refractivity contribution in [3.63, 3.8) is 0 Å². The number of rotatable bonds is 7. The minimum atomic E-state index is -0.602. The first kappa shape index (κ1) is 23.9. The highest BCUT2D eigenvalue weighted by molar-refractivity contribution is 6.02. The fourth-order valence-electron chi connectivity index (χ4n) is 4.51. The highest BCUT2D eigenvalue weighted by atomic mass is 16.5. The summed E-state index contributed by atoms with van der Waals surface area (Å²) < 4.78 is 11.7. The van der Waals surface area contributed by atoms with Crippen LogP contribution >= 0.6 is 0 Å². The fraction of sp³-hybridized carbons (Fsp3) is 0.0323. The Morgan fingerprint density at radius 1 is 0.769 bits per heavy atom. The lowest BCUT2D eigenvalue weighted by molar-refractivity contribution is 0.0997. The van der Waals surface area contributed by atoms with E-state index in [-0.39, 0.29) is 5.56 Å². The predicted molar refractivity (Wildman–Crippen MR) is 152 cm³/mol. The number of amides is 1. The number of aromatic nitrogens is 3. The van der Waals surface area contributed by atoms with E-state index in [1.807, 2.05) is 78.9 Å². The van der Waals surface area contributed by atoms with Crippen LogP contribution in [0, 0.1) is 0 Å². The zero-order chi connectivity index (χ0) is 26.8. The molecule has 0 atom stereocenters. The Balaban J connectivity index is 1.40. The Morgan fingerprint density at radius 3 is 2.31 bits per heavy atom. The highest BCUT2D eigenvalue weighted by Gasteiger charge is 2.16. The fourth-order valence-corrected chi connectivity index (χ4v) is 4.51. The highest BCUT2D eigenvalue weighted by Crippen LogP contribution is 2.38. The summed E-state index contributed by atoms with van der Waals surface area (Å²) >= 11 is 0. The number of primary amides is 1. The molecule has 0 bridgehead atoms. The summed E-state index contributed by atoms with van der Waals surface area (Å²) in [5.74, 6) is 1.41. The number of hydrogen-bond acceptors (Lipinski definition) is 7. The molecule has 0 aliphatic heterocycles. The molecule has 0 saturated heterocycles. The second-order valence-electron chi connectivity index (χ2n) is 8.78. The number of hydrogen-bond donors (Lipinski definition) is 2. The zero-order valence-corrected chi connectivity index (χ0v) is 21.0. The summed E-state index contributed by atoms with van der Waals surface area (Å²) in [6.45, 7) is 0. The van der Waals surface area contributed by atoms with Crippen molar-refractivity contribution in [1.29, 1.82) is 0 Å². The van der Waals surface area contributed by atoms with Crippen LogP contribution in [0.3, 0.4) is 0 Å². The molecular formula is C31H23N5O3. The van der Waals surface area contributed by atoms with Crippen molar-refractivity contribution in [2.45, 2.75) is 0 Å². The Kier molecular flexibility index (Phi) is 6.18. The summed E-state index contributed by atoms with van der Waals surface area (Å²) in [4.78, 5) is 16.4. The molecule has 0 saturated carbocycles. The molecule has 0 aliphatic carbocycles. The number of benzene rings is 4. The lowest BCUT2D eigenvalue weighted by atomic mass is 10.0. The van der Waals surface area contributed by atoms with E-state index in [9.17, 15) is 4.79 Å². The van der Waals surface area contributed by atoms with Gasteiger partial charge in [0.1, 0.15) is 17.2 Å². The number of para-hydroxylation sites is 2. The molecule has 2 aromatic heterocycles. The zero-order valence-electron chi connectivity index (χ0n) is 21.0. The molecule has 190 valence electrons. The molecule has 1 amide bonds. The minimum absolute atomic E-state index is 0.245. The number of pyridine rings is 1. The molecule has 6 rings (SSSR count). The van der Waals surface area contributed by atoms with E-state index < -0.39 is 5.91 Å². The molecule has 0 aliphatic rings. The number of carbonyl (C=O) groups excluding carboxylic acids is 1. The number of anilines is 2. The standard InChI is InChI=1S/C31H23N5O3/c1-38-28-18-25-22(17-23(28)30(32)37)26(15-16-33-25)39-27-14-8-7-13-24(27)34-31-21-12-6-5-11-20(21)29(35-36-31)19-9-3-2-4-10-19/h2-18H,1H3,(H2,32,37)(H,34,36). The van der Waals surface area contributed by atoms with Gasteiger partial charge in [-0.2, -0.15) is 0 Å². The van der Waals surface area contributed by atoms with Gasteiger partial charge in [0.15, 0.2) is 11.6 Å². The van der Waals surface area contributed by atoms with Gasteiger partial charge in [0.25, 0.3) is 5.91 Å². The molecule has 8 heteroatoms. The monoisotopic (exact) mass is 513 g/mol. The van der Waals surface area contributed by atoms with Crippen molar-refractivity contribution >= 4 is 39.1 Å². The molecule has 4 aromatic carbocycles. The van der Waals surface area contributed by atoms with Crippen molar-refractivity contribution in [2.24, 2.45) is 5.73 Å². The van der Waals surface area contributed by atoms with Crippen LogP contribution in [0.2, 0.25) is 0 Å². The van der Waals surface area contributed by atoms with Crippen molar-refractivity contribution in [2.75, 3.05) is 12.4 Å². The third-order valence-electron chi connectivity index (χ3n) is 6.38. The molecule has 0 spiro atoms. The molecule has 2 heterocycles. The van der Waals surface area contributed by atoms with Crippen molar-refractivity contribution in [3.05, 3.63) is 109 Å². The molecule has 0 fully saturated rings. The van der Waals surface area contributed by atoms with Gasteiger partial charge in [-0.05, 0) is 24.3 Å². The molecule has 39 heavy (non-hydrogen) atoms. The van der Waals surface area contributed by atoms with Crippen LogP contribution < -0.4 is 20.5 Å². The van der Waals surface area contributed by atoms with Gasteiger partial charge in [-0.25, -0.2) is 0 Å². The van der Waals surface area contributed by atoms with Gasteiger partial charge < -0.3 is 20.5 Å². The first-order valence-electron chi connectivity index (χ1n) is 12.2. The third-order valence-corrected chi connectivity index (χ3v) is 6.38. The largest absolute Gasteiger partial charge is 0.496 e. The molecule has 6 aromatic rings. The average Bonchev–Trinajstić information content (AvgIpc) is 2.98. The van der Waals surface area contributed by atoms with Gasteiger partial charge in [0, 0.05) is 34.0 Å². The van der Waals surface area contributed by atoms with Gasteiger partial charge in [-0.3, -0.25) is 9.78 Å². The lowest BCUT2D eigenvalue weighted by Gasteiger charge is -2.16. The van der Waals surface area contributed by atoms with E-state index in [0.717, 1.165) is 22.0 Å². The lowest BCUT2D eigenvalue weighted by Crippen LogP contribution is -2.12. The Labute approximate surface area is 224 Å². The van der Waals surface area contributed by atoms with E-state index in [0.29, 0.717) is 39.7 Å². The van der Waals surface area contributed by atoms with Crippen molar-refractivity contribution in [3.8, 4) is 28.5 Å². The van der Waals surface area contributed by atoms with Crippen molar-refractivity contribution < 1.29 is 14.3 Å². The predicted octanol–water partition coefficient (Wildman–Crippen LogP) is 6.49. The van der Waals surface area contributed by atoms with Crippen LogP contribution in [-0.4, -0.2) is 28.2 Å². The van der Waals surface area contributed by atoms with Crippen LogP contribution in [-0.2, 0) is 0 Å². The van der Waals surface area contributed by atoms with Crippen LogP contribution in [0.5, 0.6) is 17.2 Å². The van der Waals surface area contributed by atoms with Gasteiger partial charge in [0.05, 0.1) is 23.9 Å². The first-order valence-corrected chi connectivity index (χ1v) is 12.2. The maximum absolute atomic E-state index is 12.0. The van der Waals surface area contributed by atoms with Crippen LogP contribution in [0.4, 0.5) is 11.5 Å². The average molecular weight is 514 g/mol. The number of methoxy groups -OCH3 is 1. The topological polar surface area (TPSA) is 112 Å². The second-order valence-corrected chi connectivity index (χ2v) is 8.78. The number of nitrogens with two attached hydrogens (primary N) is 1. The van der Waals surface area contributed by atoms with Crippen molar-refractivity contribution in [1.82, 2.24) is 15.2 Å². The Morgan fingerprint density at radius 2 is 1.51 bits per heavy atom. The third kappa shape index (κ3) is 4.55. The SMILES string of the molecule is COc1cc2nccc(Oc3ccccc3Nc3nnc(-c4ccccc4)c4ccccc34)c2cc1C(N)=O. The minimum Gasteiger partial charge on any atom is -0.496 e. The van der Waals surface area contributed by atoms with Gasteiger partial charge in [0.2, 0.25) is 0 Å². The molecule has 3 N–H and O–H groups in total. The summed E-state index contributed by atoms with van der Waals surface area (Å²) in [7, 11) is 1.48. The quantitative estimate of drug-likeness (QED) is 0.251. The van der Waals surface area contributed by atoms with E-state index >= 15 is 0 Å². The van der Waals surface area contributed by atoms with Crippen LogP contribution in [0.15, 0.2) is 103 Å². The van der Waals surface area contributed by atoms with E-state index in [4.69, 9.17) is 15.2 Å². The molecule has 0 unspecified atom stereocenters. The van der Waals surface area contributed by atoms with Crippen LogP contribution in [0.25, 0.3) is 32.9 Å². The van der Waals surface area contributed by atoms with Crippen LogP contribution in [0.1, 0.15) is 10.4 Å². The van der Waals surface area contributed by atoms with E-state index in [1.165, 1.54) is 7.11 Å². The molecule has 8 nitrogen and oxygen atoms in total. The summed E-state index contributed by atoms with van der Waals surface area (Å²) in [5.41, 5.74) is 8.93. The number of nitrogens with one attached hydrogen (secondary N) is 1. The number of carbonyl (C=O) groups is 1. The van der Waals surface area contributed by atoms with E-state index in [2.05, 4.69) is 20.5 Å². The first-order chi connectivity index (χ1) is 19.1. The second kappa shape index (κ2) is 10.1. The van der Waals surface area contributed by atoms with Gasteiger partial charge >= 0.3 is 0 Å². The molecular weight excluding hydrogens is 490 g/mol. The van der Waals surface area contributed by atoms with E-state index in [1.54, 1.807) is 24.4 Å². The summed E-state index contributed by atoms with van der Waals surface area (Å²) in [6.07, 6.45) is 1.64. The normalized spacial score (nSPS) is 10.9. The number of ether oxygens (including phenoxy) is 2. The van der Waals surface area contributed by atoms with Gasteiger partial charge in [-0.15, -0.1) is 10.2 Å². The maximum Gasteiger partial charge on any atom is 0.252 e. The Hall–Kier alpha value is -5.50.